The molecule has 0 rings (SSSR count). The molecule has 0 heterocycles. The number of amides is 1. The van der Waals surface area contributed by atoms with Crippen LogP contribution in [-0.4, -0.2) is 34.9 Å². The maximum absolute atomic E-state index is 12.4. The van der Waals surface area contributed by atoms with Crippen molar-refractivity contribution in [1.29, 1.82) is 0 Å². The Morgan fingerprint density at radius 2 is 0.647 bits per heavy atom. The lowest BCUT2D eigenvalue weighted by Gasteiger charge is -2.19. The van der Waals surface area contributed by atoms with Gasteiger partial charge in [0.25, 0.3) is 0 Å². The standard InChI is InChI=1S/C64H103NO3/c1-3-5-7-9-11-13-15-17-19-21-22-23-24-25-26-27-28-29-30-31-32-33-34-35-36-37-38-39-40-41-42-44-46-48-50-52-54-56-58-60-64(68)65-62(61-66)63(67)59-57-55-53-51-49-47-45-43-20-18-16-14-12-10-8-6-4-2/h5,7,11,13,17,19,22-23,25-26,28-29,31-32,34-35,37-38,40-41,44,46,50,52,57,59,62-63,66-67H,3-4,6,8-10,12,14-16,18,20-21,24,27,30,33,36,39,42-43,45,47-49,51,53-56,58,60-61H2,1-2H3,(H,65,68)/b7-5-,13-11-,19-17-,23-22-,26-25-,29-28-,32-31-,35-34-,38-37-,41-40-,46-44-,52-50-,59-57+. The number of aliphatic hydroxyl groups is 2. The Kier molecular flexibility index (Phi) is 54.0. The average molecular weight is 935 g/mol. The van der Waals surface area contributed by atoms with Crippen LogP contribution in [0.2, 0.25) is 0 Å². The molecule has 0 aliphatic heterocycles. The highest BCUT2D eigenvalue weighted by atomic mass is 16.3. The predicted octanol–water partition coefficient (Wildman–Crippen LogP) is 18.6. The zero-order chi connectivity index (χ0) is 49.2. The normalized spacial score (nSPS) is 14.1. The minimum absolute atomic E-state index is 0.112. The number of allylic oxidation sites excluding steroid dienone is 25. The molecule has 2 atom stereocenters. The second kappa shape index (κ2) is 57.3. The molecule has 0 fully saturated rings. The predicted molar refractivity (Wildman–Crippen MR) is 303 cm³/mol. The van der Waals surface area contributed by atoms with E-state index < -0.39 is 12.1 Å². The van der Waals surface area contributed by atoms with E-state index in [2.05, 4.69) is 165 Å². The van der Waals surface area contributed by atoms with Crippen LogP contribution in [0.15, 0.2) is 158 Å². The number of unbranched alkanes of at least 4 members (excludes halogenated alkanes) is 17. The Balaban J connectivity index is 3.75. The van der Waals surface area contributed by atoms with E-state index in [1.165, 1.54) is 89.9 Å². The molecule has 0 saturated heterocycles. The van der Waals surface area contributed by atoms with Crippen LogP contribution in [0.5, 0.6) is 0 Å². The second-order valence-corrected chi connectivity index (χ2v) is 17.9. The largest absolute Gasteiger partial charge is 0.394 e. The van der Waals surface area contributed by atoms with Crippen LogP contribution in [0, 0.1) is 0 Å². The van der Waals surface area contributed by atoms with Gasteiger partial charge in [0.05, 0.1) is 18.8 Å². The van der Waals surface area contributed by atoms with Crippen molar-refractivity contribution < 1.29 is 15.0 Å². The fourth-order valence-electron chi connectivity index (χ4n) is 7.33. The summed E-state index contributed by atoms with van der Waals surface area (Å²) in [5.74, 6) is -0.112. The van der Waals surface area contributed by atoms with Gasteiger partial charge in [-0.2, -0.15) is 0 Å². The maximum Gasteiger partial charge on any atom is 0.220 e. The average Bonchev–Trinajstić information content (AvgIpc) is 3.34. The minimum Gasteiger partial charge on any atom is -0.394 e. The Morgan fingerprint density at radius 3 is 0.971 bits per heavy atom. The van der Waals surface area contributed by atoms with Gasteiger partial charge in [-0.25, -0.2) is 0 Å². The summed E-state index contributed by atoms with van der Waals surface area (Å²) < 4.78 is 0. The summed E-state index contributed by atoms with van der Waals surface area (Å²) in [5, 5.41) is 23.1. The molecule has 382 valence electrons. The van der Waals surface area contributed by atoms with Gasteiger partial charge in [0.15, 0.2) is 0 Å². The Morgan fingerprint density at radius 1 is 0.368 bits per heavy atom. The highest BCUT2D eigenvalue weighted by molar-refractivity contribution is 5.76. The van der Waals surface area contributed by atoms with Crippen molar-refractivity contribution in [1.82, 2.24) is 5.32 Å². The van der Waals surface area contributed by atoms with E-state index in [1.54, 1.807) is 6.08 Å². The number of carbonyl (C=O) groups excluding carboxylic acids is 1. The van der Waals surface area contributed by atoms with Crippen LogP contribution in [0.1, 0.15) is 219 Å². The molecule has 2 unspecified atom stereocenters. The molecular weight excluding hydrogens is 831 g/mol. The lowest BCUT2D eigenvalue weighted by atomic mass is 10.0. The lowest BCUT2D eigenvalue weighted by molar-refractivity contribution is -0.123. The van der Waals surface area contributed by atoms with Crippen molar-refractivity contribution >= 4 is 5.91 Å². The topological polar surface area (TPSA) is 69.6 Å². The molecule has 0 aromatic carbocycles. The third kappa shape index (κ3) is 53.0. The van der Waals surface area contributed by atoms with Crippen LogP contribution < -0.4 is 5.32 Å². The Bertz CT molecular complexity index is 1480. The fourth-order valence-corrected chi connectivity index (χ4v) is 7.33. The first kappa shape index (κ1) is 64.0. The van der Waals surface area contributed by atoms with Gasteiger partial charge < -0.3 is 15.5 Å². The van der Waals surface area contributed by atoms with Crippen molar-refractivity contribution in [3.63, 3.8) is 0 Å². The highest BCUT2D eigenvalue weighted by Crippen LogP contribution is 2.14. The maximum atomic E-state index is 12.4. The molecule has 0 bridgehead atoms. The molecule has 0 aromatic heterocycles. The smallest absolute Gasteiger partial charge is 0.220 e. The molecule has 1 amide bonds. The molecule has 0 spiro atoms. The van der Waals surface area contributed by atoms with Crippen molar-refractivity contribution in [2.24, 2.45) is 0 Å². The van der Waals surface area contributed by atoms with Crippen molar-refractivity contribution in [3.05, 3.63) is 158 Å². The highest BCUT2D eigenvalue weighted by Gasteiger charge is 2.17. The quantitative estimate of drug-likeness (QED) is 0.0421. The molecular formula is C64H103NO3. The Hall–Kier alpha value is -3.99. The van der Waals surface area contributed by atoms with Crippen LogP contribution in [0.3, 0.4) is 0 Å². The minimum atomic E-state index is -0.869. The summed E-state index contributed by atoms with van der Waals surface area (Å²) in [5.41, 5.74) is 0. The first-order valence-corrected chi connectivity index (χ1v) is 27.7. The van der Waals surface area contributed by atoms with Gasteiger partial charge >= 0.3 is 0 Å². The molecule has 4 nitrogen and oxygen atoms in total. The molecule has 0 aromatic rings. The van der Waals surface area contributed by atoms with Gasteiger partial charge in [-0.05, 0) is 109 Å². The Labute approximate surface area is 420 Å². The first-order valence-electron chi connectivity index (χ1n) is 27.7. The molecule has 4 heteroatoms. The van der Waals surface area contributed by atoms with Gasteiger partial charge in [-0.1, -0.05) is 262 Å². The third-order valence-corrected chi connectivity index (χ3v) is 11.5. The van der Waals surface area contributed by atoms with E-state index >= 15 is 0 Å². The number of aliphatic hydroxyl groups excluding tert-OH is 2. The van der Waals surface area contributed by atoms with E-state index in [1.807, 2.05) is 6.08 Å². The molecule has 0 saturated carbocycles. The molecule has 0 radical (unpaired) electrons. The van der Waals surface area contributed by atoms with Crippen molar-refractivity contribution in [2.75, 3.05) is 6.61 Å². The van der Waals surface area contributed by atoms with Crippen LogP contribution in [-0.2, 0) is 4.79 Å². The summed E-state index contributed by atoms with van der Waals surface area (Å²) in [6.45, 7) is 4.17. The number of hydrogen-bond donors (Lipinski definition) is 3. The summed E-state index contributed by atoms with van der Waals surface area (Å²) in [4.78, 5) is 12.4. The van der Waals surface area contributed by atoms with Gasteiger partial charge in [0.1, 0.15) is 0 Å². The van der Waals surface area contributed by atoms with E-state index in [0.29, 0.717) is 6.42 Å². The van der Waals surface area contributed by atoms with E-state index in [4.69, 9.17) is 0 Å². The van der Waals surface area contributed by atoms with E-state index in [9.17, 15) is 15.0 Å². The summed E-state index contributed by atoms with van der Waals surface area (Å²) in [6, 6.07) is -0.657. The number of nitrogens with one attached hydrogen (secondary N) is 1. The number of rotatable bonds is 48. The SMILES string of the molecule is CC/C=C\C/C=C\C/C=C\C/C=C\C/C=C\C/C=C\C/C=C\C/C=C\C/C=C\C/C=C\C/C=C\C/C=C\CCCCC(=O)NC(CO)C(O)/C=C/CCCCCCCCCCCCCCCCC. The van der Waals surface area contributed by atoms with Gasteiger partial charge in [0, 0.05) is 6.42 Å². The molecule has 0 aliphatic rings. The number of carbonyl (C=O) groups is 1. The summed E-state index contributed by atoms with van der Waals surface area (Å²) in [7, 11) is 0. The zero-order valence-electron chi connectivity index (χ0n) is 43.8. The van der Waals surface area contributed by atoms with Gasteiger partial charge in [-0.15, -0.1) is 0 Å². The van der Waals surface area contributed by atoms with Crippen LogP contribution in [0.4, 0.5) is 0 Å². The fraction of sp³-hybridized carbons (Fsp3) is 0.578. The molecule has 3 N–H and O–H groups in total. The summed E-state index contributed by atoms with van der Waals surface area (Å²) in [6.07, 6.45) is 92.4. The molecule has 68 heavy (non-hydrogen) atoms. The molecule has 0 aliphatic carbocycles. The first-order chi connectivity index (χ1) is 33.7. The van der Waals surface area contributed by atoms with Crippen molar-refractivity contribution in [2.45, 2.75) is 231 Å². The van der Waals surface area contributed by atoms with E-state index in [0.717, 1.165) is 109 Å². The van der Waals surface area contributed by atoms with Crippen molar-refractivity contribution in [3.8, 4) is 0 Å². The number of hydrogen-bond acceptors (Lipinski definition) is 3. The third-order valence-electron chi connectivity index (χ3n) is 11.5. The van der Waals surface area contributed by atoms with Gasteiger partial charge in [-0.3, -0.25) is 4.79 Å². The van der Waals surface area contributed by atoms with Crippen LogP contribution in [0.25, 0.3) is 0 Å². The second-order valence-electron chi connectivity index (χ2n) is 17.9. The van der Waals surface area contributed by atoms with Gasteiger partial charge in [0.2, 0.25) is 5.91 Å². The monoisotopic (exact) mass is 934 g/mol. The lowest BCUT2D eigenvalue weighted by Crippen LogP contribution is -2.45. The van der Waals surface area contributed by atoms with Crippen LogP contribution >= 0.6 is 0 Å². The zero-order valence-corrected chi connectivity index (χ0v) is 43.8. The summed E-state index contributed by atoms with van der Waals surface area (Å²) >= 11 is 0. The van der Waals surface area contributed by atoms with E-state index in [-0.39, 0.29) is 12.5 Å².